The number of nitrogen functional groups attached to an aromatic ring is 2. The number of benzene rings is 1. The second kappa shape index (κ2) is 7.54. The summed E-state index contributed by atoms with van der Waals surface area (Å²) in [5.41, 5.74) is 14.0. The van der Waals surface area contributed by atoms with Crippen molar-refractivity contribution >= 4 is 50.6 Å². The van der Waals surface area contributed by atoms with E-state index in [0.29, 0.717) is 27.0 Å². The van der Waals surface area contributed by atoms with Crippen molar-refractivity contribution in [1.82, 2.24) is 4.98 Å². The van der Waals surface area contributed by atoms with Crippen LogP contribution in [0.5, 0.6) is 0 Å². The summed E-state index contributed by atoms with van der Waals surface area (Å²) in [4.78, 5) is 29.3. The Labute approximate surface area is 164 Å². The van der Waals surface area contributed by atoms with Gasteiger partial charge in [0.1, 0.15) is 21.6 Å². The maximum absolute atomic E-state index is 12.7. The summed E-state index contributed by atoms with van der Waals surface area (Å²) in [6.07, 6.45) is 0. The molecule has 0 aliphatic carbocycles. The number of ether oxygens (including phenoxy) is 1. The van der Waals surface area contributed by atoms with Crippen LogP contribution in [0, 0.1) is 18.3 Å². The van der Waals surface area contributed by atoms with Gasteiger partial charge in [0.25, 0.3) is 5.91 Å². The lowest BCUT2D eigenvalue weighted by molar-refractivity contribution is 0.0526. The quantitative estimate of drug-likeness (QED) is 0.576. The first kappa shape index (κ1) is 19.1. The average molecular weight is 395 g/mol. The monoisotopic (exact) mass is 395 g/mol. The van der Waals surface area contributed by atoms with Crippen LogP contribution in [-0.4, -0.2) is 23.5 Å². The summed E-state index contributed by atoms with van der Waals surface area (Å²) in [5.74, 6) is -0.738. The fourth-order valence-electron chi connectivity index (χ4n) is 2.76. The highest BCUT2D eigenvalue weighted by Gasteiger charge is 2.21. The molecule has 142 valence electrons. The van der Waals surface area contributed by atoms with Crippen LogP contribution >= 0.6 is 11.3 Å². The number of aryl methyl sites for hydroxylation is 1. The highest BCUT2D eigenvalue weighted by atomic mass is 32.1. The molecule has 1 aromatic carbocycles. The number of thiophene rings is 1. The van der Waals surface area contributed by atoms with Crippen molar-refractivity contribution in [2.24, 2.45) is 0 Å². The van der Waals surface area contributed by atoms with Crippen LogP contribution in [0.1, 0.15) is 38.1 Å². The Morgan fingerprint density at radius 1 is 1.29 bits per heavy atom. The molecular weight excluding hydrogens is 378 g/mol. The summed E-state index contributed by atoms with van der Waals surface area (Å²) in [7, 11) is 0. The molecule has 0 spiro atoms. The van der Waals surface area contributed by atoms with Crippen LogP contribution in [0.4, 0.5) is 17.2 Å². The minimum absolute atomic E-state index is 0.107. The first-order valence-electron chi connectivity index (χ1n) is 8.34. The number of nitrogens with one attached hydrogen (secondary N) is 1. The average Bonchev–Trinajstić information content (AvgIpc) is 2.99. The number of carbonyl (C=O) groups excluding carboxylic acids is 2. The predicted octanol–water partition coefficient (Wildman–Crippen LogP) is 3.07. The zero-order chi connectivity index (χ0) is 20.4. The fraction of sp³-hybridized carbons (Fsp3) is 0.158. The van der Waals surface area contributed by atoms with Crippen molar-refractivity contribution < 1.29 is 14.3 Å². The molecule has 0 bridgehead atoms. The van der Waals surface area contributed by atoms with Crippen molar-refractivity contribution in [1.29, 1.82) is 5.26 Å². The molecule has 2 aromatic heterocycles. The lowest BCUT2D eigenvalue weighted by Crippen LogP contribution is -2.12. The third-order valence-electron chi connectivity index (χ3n) is 4.13. The van der Waals surface area contributed by atoms with E-state index in [1.165, 1.54) is 0 Å². The van der Waals surface area contributed by atoms with Crippen LogP contribution in [0.3, 0.4) is 0 Å². The Morgan fingerprint density at radius 2 is 1.96 bits per heavy atom. The number of anilines is 3. The third-order valence-corrected chi connectivity index (χ3v) is 5.22. The lowest BCUT2D eigenvalue weighted by Gasteiger charge is -2.06. The van der Waals surface area contributed by atoms with Gasteiger partial charge in [-0.3, -0.25) is 4.79 Å². The van der Waals surface area contributed by atoms with Gasteiger partial charge in [-0.05, 0) is 43.7 Å². The molecule has 0 aliphatic rings. The molecule has 0 saturated heterocycles. The molecule has 0 fully saturated rings. The Morgan fingerprint density at radius 3 is 2.57 bits per heavy atom. The highest BCUT2D eigenvalue weighted by Crippen LogP contribution is 2.37. The van der Waals surface area contributed by atoms with Crippen molar-refractivity contribution in [2.75, 3.05) is 23.4 Å². The smallest absolute Gasteiger partial charge is 0.338 e. The molecule has 0 atom stereocenters. The number of rotatable bonds is 4. The van der Waals surface area contributed by atoms with E-state index in [1.807, 2.05) is 6.07 Å². The number of nitrogens with two attached hydrogens (primary N) is 2. The van der Waals surface area contributed by atoms with Crippen LogP contribution in [0.2, 0.25) is 0 Å². The number of aromatic nitrogens is 1. The largest absolute Gasteiger partial charge is 0.462 e. The minimum atomic E-state index is -0.429. The molecule has 0 unspecified atom stereocenters. The van der Waals surface area contributed by atoms with E-state index >= 15 is 0 Å². The standard InChI is InChI=1S/C19H17N5O3S/c1-3-27-19(26)10-4-6-11(7-5-10)23-17(25)15-14(21)13-9(2)12(8-20)16(22)24-18(13)28-15/h4-7H,3,21H2,1-2H3,(H2,22,24)(H,23,25). The van der Waals surface area contributed by atoms with Gasteiger partial charge in [-0.25, -0.2) is 9.78 Å². The first-order chi connectivity index (χ1) is 13.4. The molecule has 28 heavy (non-hydrogen) atoms. The molecule has 3 aromatic rings. The van der Waals surface area contributed by atoms with Gasteiger partial charge in [-0.2, -0.15) is 5.26 Å². The molecule has 9 heteroatoms. The molecule has 1 amide bonds. The molecular formula is C19H17N5O3S. The SMILES string of the molecule is CCOC(=O)c1ccc(NC(=O)c2sc3nc(N)c(C#N)c(C)c3c2N)cc1. The van der Waals surface area contributed by atoms with Crippen molar-refractivity contribution in [3.8, 4) is 6.07 Å². The van der Waals surface area contributed by atoms with E-state index in [9.17, 15) is 14.9 Å². The number of carbonyl (C=O) groups is 2. The Balaban J connectivity index is 1.90. The van der Waals surface area contributed by atoms with Gasteiger partial charge in [-0.1, -0.05) is 0 Å². The minimum Gasteiger partial charge on any atom is -0.462 e. The van der Waals surface area contributed by atoms with Crippen molar-refractivity contribution in [3.05, 3.63) is 45.8 Å². The lowest BCUT2D eigenvalue weighted by atomic mass is 10.1. The van der Waals surface area contributed by atoms with Crippen LogP contribution in [0.15, 0.2) is 24.3 Å². The number of esters is 1. The summed E-state index contributed by atoms with van der Waals surface area (Å²) in [5, 5.41) is 12.5. The Bertz CT molecular complexity index is 1130. The zero-order valence-corrected chi connectivity index (χ0v) is 16.0. The fourth-order valence-corrected chi connectivity index (χ4v) is 3.81. The van der Waals surface area contributed by atoms with E-state index in [4.69, 9.17) is 16.2 Å². The number of pyridine rings is 1. The van der Waals surface area contributed by atoms with Crippen LogP contribution in [0.25, 0.3) is 10.2 Å². The zero-order valence-electron chi connectivity index (χ0n) is 15.2. The third kappa shape index (κ3) is 3.33. The number of hydrogen-bond acceptors (Lipinski definition) is 8. The molecule has 2 heterocycles. The van der Waals surface area contributed by atoms with Crippen molar-refractivity contribution in [3.63, 3.8) is 0 Å². The van der Waals surface area contributed by atoms with Crippen LogP contribution in [-0.2, 0) is 4.74 Å². The summed E-state index contributed by atoms with van der Waals surface area (Å²) < 4.78 is 4.93. The highest BCUT2D eigenvalue weighted by molar-refractivity contribution is 7.21. The van der Waals surface area contributed by atoms with E-state index in [1.54, 1.807) is 38.1 Å². The topological polar surface area (TPSA) is 144 Å². The van der Waals surface area contributed by atoms with Gasteiger partial charge >= 0.3 is 5.97 Å². The number of nitriles is 1. The normalized spacial score (nSPS) is 10.5. The second-order valence-electron chi connectivity index (χ2n) is 5.89. The van der Waals surface area contributed by atoms with Gasteiger partial charge in [0.2, 0.25) is 0 Å². The van der Waals surface area contributed by atoms with Gasteiger partial charge in [-0.15, -0.1) is 11.3 Å². The number of amides is 1. The van der Waals surface area contributed by atoms with E-state index in [2.05, 4.69) is 10.3 Å². The second-order valence-corrected chi connectivity index (χ2v) is 6.88. The van der Waals surface area contributed by atoms with E-state index in [-0.39, 0.29) is 28.6 Å². The maximum atomic E-state index is 12.7. The first-order valence-corrected chi connectivity index (χ1v) is 9.15. The number of hydrogen-bond donors (Lipinski definition) is 3. The van der Waals surface area contributed by atoms with Crippen molar-refractivity contribution in [2.45, 2.75) is 13.8 Å². The number of nitrogens with zero attached hydrogens (tertiary/aromatic N) is 2. The molecule has 8 nitrogen and oxygen atoms in total. The molecule has 0 aliphatic heterocycles. The van der Waals surface area contributed by atoms with E-state index < -0.39 is 11.9 Å². The van der Waals surface area contributed by atoms with Gasteiger partial charge in [0.05, 0.1) is 23.4 Å². The molecule has 3 rings (SSSR count). The molecule has 0 radical (unpaired) electrons. The van der Waals surface area contributed by atoms with E-state index in [0.717, 1.165) is 11.3 Å². The maximum Gasteiger partial charge on any atom is 0.338 e. The van der Waals surface area contributed by atoms with Gasteiger partial charge < -0.3 is 21.5 Å². The summed E-state index contributed by atoms with van der Waals surface area (Å²) >= 11 is 1.10. The number of fused-ring (bicyclic) bond motifs is 1. The predicted molar refractivity (Wildman–Crippen MR) is 108 cm³/mol. The molecule has 0 saturated carbocycles. The van der Waals surface area contributed by atoms with Gasteiger partial charge in [0, 0.05) is 11.1 Å². The van der Waals surface area contributed by atoms with Crippen LogP contribution < -0.4 is 16.8 Å². The molecule has 5 N–H and O–H groups in total. The van der Waals surface area contributed by atoms with Gasteiger partial charge in [0.15, 0.2) is 0 Å². The Kier molecular flexibility index (Phi) is 5.15. The summed E-state index contributed by atoms with van der Waals surface area (Å²) in [6, 6.07) is 8.33. The summed E-state index contributed by atoms with van der Waals surface area (Å²) in [6.45, 7) is 3.73. The Hall–Kier alpha value is -3.64.